The lowest BCUT2D eigenvalue weighted by molar-refractivity contribution is 0.520. The highest BCUT2D eigenvalue weighted by atomic mass is 35.5. The molecule has 6 heteroatoms. The van der Waals surface area contributed by atoms with E-state index in [1.807, 2.05) is 0 Å². The second kappa shape index (κ2) is 5.46. The van der Waals surface area contributed by atoms with Crippen LogP contribution in [0.15, 0.2) is 29.2 Å². The van der Waals surface area contributed by atoms with E-state index in [1.165, 1.54) is 18.4 Å². The Morgan fingerprint density at radius 3 is 2.40 bits per heavy atom. The van der Waals surface area contributed by atoms with Crippen molar-refractivity contribution in [3.8, 4) is 0 Å². The summed E-state index contributed by atoms with van der Waals surface area (Å²) in [4.78, 5) is 0.283. The smallest absolute Gasteiger partial charge is 0.242 e. The van der Waals surface area contributed by atoms with Gasteiger partial charge in [0.25, 0.3) is 0 Å². The van der Waals surface area contributed by atoms with Crippen molar-refractivity contribution in [2.75, 3.05) is 14.1 Å². The van der Waals surface area contributed by atoms with Crippen LogP contribution in [0.5, 0.6) is 0 Å². The Hall–Kier alpha value is -0.620. The number of nitrogens with zero attached hydrogens (tertiary/aromatic N) is 1. The largest absolute Gasteiger partial charge is 0.326 e. The minimum atomic E-state index is -3.33. The van der Waals surface area contributed by atoms with E-state index in [0.29, 0.717) is 6.54 Å². The summed E-state index contributed by atoms with van der Waals surface area (Å²) in [5.41, 5.74) is 6.24. The molecule has 15 heavy (non-hydrogen) atoms. The average molecular weight is 251 g/mol. The molecule has 0 saturated carbocycles. The molecular weight excluding hydrogens is 236 g/mol. The standard InChI is InChI=1S/C9H14N2O2S.ClH/c1-11(2)14(12,13)9-5-3-4-8(6-9)7-10;/h3-6H,7,10H2,1-2H3;1H. The van der Waals surface area contributed by atoms with Crippen LogP contribution in [-0.2, 0) is 16.6 Å². The zero-order chi connectivity index (χ0) is 10.8. The fraction of sp³-hybridized carbons (Fsp3) is 0.333. The van der Waals surface area contributed by atoms with Gasteiger partial charge in [-0.2, -0.15) is 0 Å². The van der Waals surface area contributed by atoms with E-state index in [9.17, 15) is 8.42 Å². The third-order valence-corrected chi connectivity index (χ3v) is 3.72. The first-order valence-corrected chi connectivity index (χ1v) is 5.64. The van der Waals surface area contributed by atoms with Crippen LogP contribution in [0.1, 0.15) is 5.56 Å². The molecule has 2 N–H and O–H groups in total. The van der Waals surface area contributed by atoms with Crippen molar-refractivity contribution in [2.24, 2.45) is 5.73 Å². The molecule has 0 bridgehead atoms. The van der Waals surface area contributed by atoms with Gasteiger partial charge in [0.1, 0.15) is 0 Å². The summed E-state index contributed by atoms with van der Waals surface area (Å²) in [7, 11) is -0.323. The van der Waals surface area contributed by atoms with Crippen molar-refractivity contribution in [2.45, 2.75) is 11.4 Å². The second-order valence-electron chi connectivity index (χ2n) is 3.14. The van der Waals surface area contributed by atoms with Gasteiger partial charge in [-0.3, -0.25) is 0 Å². The third-order valence-electron chi connectivity index (χ3n) is 1.91. The molecule has 0 unspecified atom stereocenters. The van der Waals surface area contributed by atoms with E-state index in [0.717, 1.165) is 5.56 Å². The monoisotopic (exact) mass is 250 g/mol. The van der Waals surface area contributed by atoms with Crippen molar-refractivity contribution in [1.29, 1.82) is 0 Å². The van der Waals surface area contributed by atoms with Crippen LogP contribution >= 0.6 is 12.4 Å². The molecule has 0 aromatic heterocycles. The molecule has 0 saturated heterocycles. The van der Waals surface area contributed by atoms with Gasteiger partial charge in [-0.1, -0.05) is 12.1 Å². The predicted octanol–water partition coefficient (Wildman–Crippen LogP) is 0.817. The van der Waals surface area contributed by atoms with Crippen LogP contribution in [0.2, 0.25) is 0 Å². The number of hydrogen-bond acceptors (Lipinski definition) is 3. The molecule has 1 aromatic rings. The highest BCUT2D eigenvalue weighted by molar-refractivity contribution is 7.89. The molecule has 0 fully saturated rings. The predicted molar refractivity (Wildman–Crippen MR) is 62.5 cm³/mol. The lowest BCUT2D eigenvalue weighted by Crippen LogP contribution is -2.22. The molecule has 0 spiro atoms. The Morgan fingerprint density at radius 2 is 1.93 bits per heavy atom. The lowest BCUT2D eigenvalue weighted by Gasteiger charge is -2.11. The van der Waals surface area contributed by atoms with Crippen molar-refractivity contribution in [3.05, 3.63) is 29.8 Å². The summed E-state index contributed by atoms with van der Waals surface area (Å²) in [5.74, 6) is 0. The number of benzene rings is 1. The number of halogens is 1. The van der Waals surface area contributed by atoms with Gasteiger partial charge in [-0.25, -0.2) is 12.7 Å². The lowest BCUT2D eigenvalue weighted by atomic mass is 10.2. The molecule has 86 valence electrons. The van der Waals surface area contributed by atoms with Gasteiger partial charge >= 0.3 is 0 Å². The molecule has 0 aliphatic carbocycles. The van der Waals surface area contributed by atoms with Gasteiger partial charge in [0, 0.05) is 20.6 Å². The summed E-state index contributed by atoms with van der Waals surface area (Å²) in [5, 5.41) is 0. The van der Waals surface area contributed by atoms with Crippen molar-refractivity contribution < 1.29 is 8.42 Å². The molecule has 0 amide bonds. The third kappa shape index (κ3) is 3.17. The normalized spacial score (nSPS) is 11.2. The maximum Gasteiger partial charge on any atom is 0.242 e. The summed E-state index contributed by atoms with van der Waals surface area (Å²) >= 11 is 0. The summed E-state index contributed by atoms with van der Waals surface area (Å²) in [6.07, 6.45) is 0. The van der Waals surface area contributed by atoms with Gasteiger partial charge in [0.15, 0.2) is 0 Å². The van der Waals surface area contributed by atoms with Crippen LogP contribution in [0, 0.1) is 0 Å². The topological polar surface area (TPSA) is 63.4 Å². The van der Waals surface area contributed by atoms with Crippen molar-refractivity contribution >= 4 is 22.4 Å². The Morgan fingerprint density at radius 1 is 1.33 bits per heavy atom. The number of rotatable bonds is 3. The zero-order valence-corrected chi connectivity index (χ0v) is 10.3. The maximum absolute atomic E-state index is 11.7. The quantitative estimate of drug-likeness (QED) is 0.864. The van der Waals surface area contributed by atoms with Gasteiger partial charge in [0.2, 0.25) is 10.0 Å². The number of sulfonamides is 1. The SMILES string of the molecule is CN(C)S(=O)(=O)c1cccc(CN)c1.Cl. The average Bonchev–Trinajstić information content (AvgIpc) is 2.17. The van der Waals surface area contributed by atoms with Crippen LogP contribution in [0.3, 0.4) is 0 Å². The fourth-order valence-corrected chi connectivity index (χ4v) is 2.02. The fourth-order valence-electron chi connectivity index (χ4n) is 1.04. The first kappa shape index (κ1) is 14.4. The van der Waals surface area contributed by atoms with E-state index in [-0.39, 0.29) is 17.3 Å². The Kier molecular flexibility index (Phi) is 5.23. The minimum absolute atomic E-state index is 0. The Labute approximate surface area is 96.5 Å². The molecule has 0 aliphatic heterocycles. The first-order valence-electron chi connectivity index (χ1n) is 4.20. The molecule has 0 atom stereocenters. The summed E-state index contributed by atoms with van der Waals surface area (Å²) < 4.78 is 24.6. The van der Waals surface area contributed by atoms with Gasteiger partial charge in [-0.15, -0.1) is 12.4 Å². The molecule has 1 rings (SSSR count). The molecule has 0 radical (unpaired) electrons. The van der Waals surface area contributed by atoms with Gasteiger partial charge in [-0.05, 0) is 17.7 Å². The van der Waals surface area contributed by atoms with Crippen molar-refractivity contribution in [3.63, 3.8) is 0 Å². The van der Waals surface area contributed by atoms with E-state index in [4.69, 9.17) is 5.73 Å². The van der Waals surface area contributed by atoms with Crippen LogP contribution in [0.4, 0.5) is 0 Å². The van der Waals surface area contributed by atoms with Crippen LogP contribution in [-0.4, -0.2) is 26.8 Å². The van der Waals surface area contributed by atoms with E-state index >= 15 is 0 Å². The molecule has 1 aromatic carbocycles. The zero-order valence-electron chi connectivity index (χ0n) is 8.67. The number of nitrogens with two attached hydrogens (primary N) is 1. The van der Waals surface area contributed by atoms with Gasteiger partial charge in [0.05, 0.1) is 4.90 Å². The van der Waals surface area contributed by atoms with Crippen LogP contribution < -0.4 is 5.73 Å². The number of hydrogen-bond donors (Lipinski definition) is 1. The summed E-state index contributed by atoms with van der Waals surface area (Å²) in [6, 6.07) is 6.65. The first-order chi connectivity index (χ1) is 6.48. The molecule has 4 nitrogen and oxygen atoms in total. The van der Waals surface area contributed by atoms with Crippen molar-refractivity contribution in [1.82, 2.24) is 4.31 Å². The maximum atomic E-state index is 11.7. The Bertz CT molecular complexity index is 418. The van der Waals surface area contributed by atoms with Crippen LogP contribution in [0.25, 0.3) is 0 Å². The van der Waals surface area contributed by atoms with E-state index in [2.05, 4.69) is 0 Å². The molecule has 0 heterocycles. The second-order valence-corrected chi connectivity index (χ2v) is 5.29. The van der Waals surface area contributed by atoms with Gasteiger partial charge < -0.3 is 5.73 Å². The van der Waals surface area contributed by atoms with E-state index < -0.39 is 10.0 Å². The highest BCUT2D eigenvalue weighted by Crippen LogP contribution is 2.14. The molecular formula is C9H15ClN2O2S. The highest BCUT2D eigenvalue weighted by Gasteiger charge is 2.16. The molecule has 0 aliphatic rings. The Balaban J connectivity index is 0.00000196. The van der Waals surface area contributed by atoms with E-state index in [1.54, 1.807) is 24.3 Å². The minimum Gasteiger partial charge on any atom is -0.326 e. The summed E-state index contributed by atoms with van der Waals surface area (Å²) in [6.45, 7) is 0.344.